The van der Waals surface area contributed by atoms with Gasteiger partial charge in [0.1, 0.15) is 0 Å². The summed E-state index contributed by atoms with van der Waals surface area (Å²) in [7, 11) is 3.60. The smallest absolute Gasteiger partial charge is 0.278 e. The average Bonchev–Trinajstić information content (AvgIpc) is 2.51. The van der Waals surface area contributed by atoms with Gasteiger partial charge in [0.2, 0.25) is 5.95 Å². The zero-order valence-corrected chi connectivity index (χ0v) is 9.78. The van der Waals surface area contributed by atoms with E-state index in [0.29, 0.717) is 17.1 Å². The van der Waals surface area contributed by atoms with Crippen LogP contribution in [0.4, 0.5) is 5.95 Å². The second-order valence-corrected chi connectivity index (χ2v) is 2.89. The number of aromatic nitrogens is 4. The third-order valence-corrected chi connectivity index (χ3v) is 1.71. The molecule has 0 amide bonds. The number of imidazole rings is 1. The minimum Gasteiger partial charge on any atom is -0.348 e. The molecule has 0 unspecified atom stereocenters. The van der Waals surface area contributed by atoms with Crippen molar-refractivity contribution in [1.29, 1.82) is 0 Å². The van der Waals surface area contributed by atoms with Gasteiger partial charge in [-0.25, -0.2) is 4.98 Å². The molecule has 0 saturated carbocycles. The highest BCUT2D eigenvalue weighted by atomic mass is 35.5. The lowest BCUT2D eigenvalue weighted by molar-refractivity contribution is 0.997. The zero-order valence-electron chi connectivity index (χ0n) is 8.14. The lowest BCUT2D eigenvalue weighted by Gasteiger charge is -2.08. The zero-order chi connectivity index (χ0) is 9.42. The van der Waals surface area contributed by atoms with Crippen molar-refractivity contribution in [3.8, 4) is 0 Å². The fourth-order valence-corrected chi connectivity index (χ4v) is 1.04. The molecule has 2 heterocycles. The van der Waals surface area contributed by atoms with E-state index >= 15 is 0 Å². The van der Waals surface area contributed by atoms with Crippen molar-refractivity contribution in [3.63, 3.8) is 0 Å². The summed E-state index contributed by atoms with van der Waals surface area (Å²) in [5.74, 6) is 0.504. The molecule has 0 aromatic carbocycles. The van der Waals surface area contributed by atoms with Crippen LogP contribution in [0.2, 0.25) is 0 Å². The molecule has 0 bridgehead atoms. The Balaban J connectivity index is 0.000000980. The van der Waals surface area contributed by atoms with E-state index in [1.807, 2.05) is 0 Å². The molecule has 0 aliphatic rings. The van der Waals surface area contributed by atoms with Gasteiger partial charge in [-0.1, -0.05) is 0 Å². The quantitative estimate of drug-likeness (QED) is 0.777. The molecule has 8 heteroatoms. The van der Waals surface area contributed by atoms with Crippen molar-refractivity contribution in [1.82, 2.24) is 19.9 Å². The number of nitrogens with one attached hydrogen (secondary N) is 2. The Morgan fingerprint density at radius 1 is 1.33 bits per heavy atom. The van der Waals surface area contributed by atoms with Crippen molar-refractivity contribution in [2.45, 2.75) is 0 Å². The summed E-state index contributed by atoms with van der Waals surface area (Å²) >= 11 is 0. The van der Waals surface area contributed by atoms with Gasteiger partial charge in [0.05, 0.1) is 6.33 Å². The molecular weight excluding hydrogens is 241 g/mol. The molecule has 2 N–H and O–H groups in total. The summed E-state index contributed by atoms with van der Waals surface area (Å²) < 4.78 is 0. The Labute approximate surface area is 97.9 Å². The fraction of sp³-hybridized carbons (Fsp3) is 0.286. The van der Waals surface area contributed by atoms with E-state index in [2.05, 4.69) is 19.9 Å². The van der Waals surface area contributed by atoms with Gasteiger partial charge in [-0.15, -0.1) is 24.8 Å². The number of anilines is 1. The van der Waals surface area contributed by atoms with Gasteiger partial charge in [-0.2, -0.15) is 4.98 Å². The summed E-state index contributed by atoms with van der Waals surface area (Å²) in [5, 5.41) is 0. The second kappa shape index (κ2) is 4.99. The van der Waals surface area contributed by atoms with Gasteiger partial charge in [-0.3, -0.25) is 9.78 Å². The number of nitrogens with zero attached hydrogens (tertiary/aromatic N) is 3. The molecule has 0 radical (unpaired) electrons. The van der Waals surface area contributed by atoms with E-state index in [-0.39, 0.29) is 30.4 Å². The SMILES string of the molecule is CN(C)c1nc2nc[nH]c2c(=O)[nH]1.Cl.Cl. The number of hydrogen-bond acceptors (Lipinski definition) is 4. The van der Waals surface area contributed by atoms with Gasteiger partial charge in [-0.05, 0) is 0 Å². The van der Waals surface area contributed by atoms with E-state index in [1.165, 1.54) is 6.33 Å². The summed E-state index contributed by atoms with van der Waals surface area (Å²) in [4.78, 5) is 26.5. The summed E-state index contributed by atoms with van der Waals surface area (Å²) in [6.45, 7) is 0. The summed E-state index contributed by atoms with van der Waals surface area (Å²) in [6, 6.07) is 0. The van der Waals surface area contributed by atoms with E-state index in [0.717, 1.165) is 0 Å². The van der Waals surface area contributed by atoms with E-state index < -0.39 is 0 Å². The van der Waals surface area contributed by atoms with Crippen LogP contribution in [0.1, 0.15) is 0 Å². The number of halogens is 2. The van der Waals surface area contributed by atoms with Crippen LogP contribution in [0.5, 0.6) is 0 Å². The molecule has 2 aromatic rings. The molecule has 0 aliphatic heterocycles. The number of fused-ring (bicyclic) bond motifs is 1. The number of aromatic amines is 2. The third kappa shape index (κ3) is 2.40. The van der Waals surface area contributed by atoms with Crippen molar-refractivity contribution >= 4 is 41.9 Å². The normalized spacial score (nSPS) is 9.20. The van der Waals surface area contributed by atoms with E-state index in [1.54, 1.807) is 19.0 Å². The van der Waals surface area contributed by atoms with Crippen molar-refractivity contribution in [2.75, 3.05) is 19.0 Å². The van der Waals surface area contributed by atoms with Gasteiger partial charge < -0.3 is 9.88 Å². The maximum Gasteiger partial charge on any atom is 0.278 e. The summed E-state index contributed by atoms with van der Waals surface area (Å²) in [5.41, 5.74) is 0.643. The molecule has 2 aromatic heterocycles. The van der Waals surface area contributed by atoms with Crippen LogP contribution in [0.3, 0.4) is 0 Å². The molecule has 6 nitrogen and oxygen atoms in total. The molecular formula is C7H11Cl2N5O. The Hall–Kier alpha value is -1.27. The standard InChI is InChI=1S/C7H9N5O.2ClH/c1-12(2)7-10-5-4(6(13)11-7)8-3-9-5;;/h3H,1-2H3,(H2,8,9,10,11,13);2*1H. The molecule has 0 aliphatic carbocycles. The lowest BCUT2D eigenvalue weighted by atomic mass is 10.5. The monoisotopic (exact) mass is 251 g/mol. The maximum atomic E-state index is 11.4. The van der Waals surface area contributed by atoms with Crippen LogP contribution in [-0.4, -0.2) is 34.0 Å². The first-order valence-electron chi connectivity index (χ1n) is 3.79. The second-order valence-electron chi connectivity index (χ2n) is 2.89. The van der Waals surface area contributed by atoms with Crippen molar-refractivity contribution in [3.05, 3.63) is 16.7 Å². The molecule has 0 fully saturated rings. The lowest BCUT2D eigenvalue weighted by Crippen LogP contribution is -2.18. The predicted octanol–water partition coefficient (Wildman–Crippen LogP) is 0.556. The van der Waals surface area contributed by atoms with Crippen LogP contribution in [-0.2, 0) is 0 Å². The number of rotatable bonds is 1. The fourth-order valence-electron chi connectivity index (χ4n) is 1.04. The van der Waals surface area contributed by atoms with Crippen LogP contribution in [0, 0.1) is 0 Å². The molecule has 15 heavy (non-hydrogen) atoms. The largest absolute Gasteiger partial charge is 0.348 e. The molecule has 0 atom stereocenters. The topological polar surface area (TPSA) is 77.7 Å². The van der Waals surface area contributed by atoms with Gasteiger partial charge >= 0.3 is 0 Å². The Morgan fingerprint density at radius 3 is 2.60 bits per heavy atom. The van der Waals surface area contributed by atoms with Crippen LogP contribution >= 0.6 is 24.8 Å². The molecule has 0 spiro atoms. The predicted molar refractivity (Wildman–Crippen MR) is 63.3 cm³/mol. The first kappa shape index (κ1) is 13.7. The van der Waals surface area contributed by atoms with Gasteiger partial charge in [0.25, 0.3) is 5.56 Å². The highest BCUT2D eigenvalue weighted by Gasteiger charge is 2.05. The average molecular weight is 252 g/mol. The van der Waals surface area contributed by atoms with Crippen molar-refractivity contribution < 1.29 is 0 Å². The Kier molecular flexibility index (Phi) is 4.57. The van der Waals surface area contributed by atoms with Crippen LogP contribution in [0.25, 0.3) is 11.2 Å². The van der Waals surface area contributed by atoms with Crippen molar-refractivity contribution in [2.24, 2.45) is 0 Å². The molecule has 84 valence electrons. The van der Waals surface area contributed by atoms with E-state index in [9.17, 15) is 4.79 Å². The summed E-state index contributed by atoms with van der Waals surface area (Å²) in [6.07, 6.45) is 1.45. The number of hydrogen-bond donors (Lipinski definition) is 2. The molecule has 2 rings (SSSR count). The first-order chi connectivity index (χ1) is 6.18. The highest BCUT2D eigenvalue weighted by Crippen LogP contribution is 2.04. The van der Waals surface area contributed by atoms with Crippen LogP contribution in [0.15, 0.2) is 11.1 Å². The van der Waals surface area contributed by atoms with Gasteiger partial charge in [0.15, 0.2) is 11.2 Å². The highest BCUT2D eigenvalue weighted by molar-refractivity contribution is 5.85. The number of H-pyrrole nitrogens is 2. The Bertz CT molecular complexity index is 491. The van der Waals surface area contributed by atoms with E-state index in [4.69, 9.17) is 0 Å². The first-order valence-corrected chi connectivity index (χ1v) is 3.79. The Morgan fingerprint density at radius 2 is 2.00 bits per heavy atom. The van der Waals surface area contributed by atoms with Crippen LogP contribution < -0.4 is 10.5 Å². The maximum absolute atomic E-state index is 11.4. The third-order valence-electron chi connectivity index (χ3n) is 1.71. The minimum absolute atomic E-state index is 0. The minimum atomic E-state index is -0.203. The molecule has 0 saturated heterocycles. The van der Waals surface area contributed by atoms with Gasteiger partial charge in [0, 0.05) is 14.1 Å².